The summed E-state index contributed by atoms with van der Waals surface area (Å²) in [6, 6.07) is 4.66. The first kappa shape index (κ1) is 17.3. The second-order valence-electron chi connectivity index (χ2n) is 4.75. The van der Waals surface area contributed by atoms with Gasteiger partial charge in [0.1, 0.15) is 5.82 Å². The van der Waals surface area contributed by atoms with Crippen LogP contribution in [0.2, 0.25) is 0 Å². The number of hydrazone groups is 1. The average molecular weight is 389 g/mol. The molecule has 0 bridgehead atoms. The molecule has 0 unspecified atom stereocenters. The van der Waals surface area contributed by atoms with Gasteiger partial charge in [-0.1, -0.05) is 15.9 Å². The van der Waals surface area contributed by atoms with Crippen LogP contribution in [-0.4, -0.2) is 55.6 Å². The molecule has 1 aliphatic rings. The molecule has 1 saturated heterocycles. The van der Waals surface area contributed by atoms with Crippen molar-refractivity contribution in [2.75, 3.05) is 39.4 Å². The highest BCUT2D eigenvalue weighted by atomic mass is 79.9. The number of nitrogens with one attached hydrogen (secondary N) is 2. The number of thiocarbonyl (C=S) groups is 1. The maximum atomic E-state index is 13.5. The third kappa shape index (κ3) is 5.96. The van der Waals surface area contributed by atoms with Gasteiger partial charge >= 0.3 is 0 Å². The molecule has 0 radical (unpaired) electrons. The second kappa shape index (κ2) is 9.14. The van der Waals surface area contributed by atoms with Gasteiger partial charge < -0.3 is 10.1 Å². The normalized spacial score (nSPS) is 15.9. The van der Waals surface area contributed by atoms with Gasteiger partial charge in [-0.25, -0.2) is 4.39 Å². The van der Waals surface area contributed by atoms with Crippen LogP contribution in [0.3, 0.4) is 0 Å². The lowest BCUT2D eigenvalue weighted by molar-refractivity contribution is 0.0389. The van der Waals surface area contributed by atoms with Crippen molar-refractivity contribution < 1.29 is 9.13 Å². The Morgan fingerprint density at radius 3 is 3.00 bits per heavy atom. The summed E-state index contributed by atoms with van der Waals surface area (Å²) in [7, 11) is 0. The van der Waals surface area contributed by atoms with Crippen LogP contribution in [0.5, 0.6) is 0 Å². The highest BCUT2D eigenvalue weighted by Gasteiger charge is 2.09. The minimum atomic E-state index is -0.333. The Hall–Kier alpha value is -1.09. The van der Waals surface area contributed by atoms with Crippen LogP contribution in [0.1, 0.15) is 5.56 Å². The predicted octanol–water partition coefficient (Wildman–Crippen LogP) is 1.72. The van der Waals surface area contributed by atoms with E-state index < -0.39 is 0 Å². The highest BCUT2D eigenvalue weighted by Crippen LogP contribution is 2.13. The second-order valence-corrected chi connectivity index (χ2v) is 6.07. The molecule has 2 N–H and O–H groups in total. The molecule has 0 aromatic heterocycles. The zero-order valence-corrected chi connectivity index (χ0v) is 14.4. The van der Waals surface area contributed by atoms with Crippen molar-refractivity contribution in [2.24, 2.45) is 5.10 Å². The summed E-state index contributed by atoms with van der Waals surface area (Å²) in [5.74, 6) is -0.333. The van der Waals surface area contributed by atoms with Crippen molar-refractivity contribution >= 4 is 39.5 Å². The van der Waals surface area contributed by atoms with Gasteiger partial charge in [-0.05, 0) is 30.4 Å². The Bertz CT molecular complexity index is 538. The third-order valence-electron chi connectivity index (χ3n) is 3.15. The molecule has 120 valence electrons. The van der Waals surface area contributed by atoms with Gasteiger partial charge in [0.05, 0.1) is 19.4 Å². The number of morpholine rings is 1. The number of hydrogen-bond acceptors (Lipinski definition) is 4. The van der Waals surface area contributed by atoms with Crippen LogP contribution in [0.25, 0.3) is 0 Å². The van der Waals surface area contributed by atoms with E-state index in [1.54, 1.807) is 12.1 Å². The molecule has 0 saturated carbocycles. The molecule has 1 heterocycles. The molecule has 5 nitrogen and oxygen atoms in total. The molecule has 1 aromatic carbocycles. The van der Waals surface area contributed by atoms with Gasteiger partial charge in [0.15, 0.2) is 5.11 Å². The van der Waals surface area contributed by atoms with Crippen LogP contribution in [0, 0.1) is 5.82 Å². The fourth-order valence-electron chi connectivity index (χ4n) is 1.97. The van der Waals surface area contributed by atoms with Gasteiger partial charge in [-0.2, -0.15) is 5.10 Å². The van der Waals surface area contributed by atoms with Crippen LogP contribution in [-0.2, 0) is 4.74 Å². The SMILES string of the molecule is Fc1ccc(Br)cc1/C=N/NC(=S)NCCN1CCOCC1. The lowest BCUT2D eigenvalue weighted by Gasteiger charge is -2.26. The van der Waals surface area contributed by atoms with Gasteiger partial charge in [-0.3, -0.25) is 10.3 Å². The third-order valence-corrected chi connectivity index (χ3v) is 3.87. The maximum absolute atomic E-state index is 13.5. The first-order valence-corrected chi connectivity index (χ1v) is 8.17. The van der Waals surface area contributed by atoms with Crippen molar-refractivity contribution in [1.82, 2.24) is 15.6 Å². The molecule has 8 heteroatoms. The van der Waals surface area contributed by atoms with Crippen LogP contribution in [0.15, 0.2) is 27.8 Å². The van der Waals surface area contributed by atoms with Crippen molar-refractivity contribution in [3.05, 3.63) is 34.1 Å². The quantitative estimate of drug-likeness (QED) is 0.456. The molecule has 0 amide bonds. The maximum Gasteiger partial charge on any atom is 0.187 e. The topological polar surface area (TPSA) is 48.9 Å². The van der Waals surface area contributed by atoms with Crippen LogP contribution >= 0.6 is 28.1 Å². The van der Waals surface area contributed by atoms with E-state index in [1.165, 1.54) is 12.3 Å². The number of halogens is 2. The Morgan fingerprint density at radius 1 is 1.45 bits per heavy atom. The van der Waals surface area contributed by atoms with Gasteiger partial charge in [-0.15, -0.1) is 0 Å². The summed E-state index contributed by atoms with van der Waals surface area (Å²) in [5.41, 5.74) is 3.07. The summed E-state index contributed by atoms with van der Waals surface area (Å²) < 4.78 is 19.6. The largest absolute Gasteiger partial charge is 0.379 e. The minimum absolute atomic E-state index is 0.333. The summed E-state index contributed by atoms with van der Waals surface area (Å²) in [5, 5.41) is 7.42. The molecule has 1 aliphatic heterocycles. The highest BCUT2D eigenvalue weighted by molar-refractivity contribution is 9.10. The molecule has 22 heavy (non-hydrogen) atoms. The zero-order valence-electron chi connectivity index (χ0n) is 12.0. The number of nitrogens with zero attached hydrogens (tertiary/aromatic N) is 2. The standard InChI is InChI=1S/C14H18BrFN4OS/c15-12-1-2-13(16)11(9-12)10-18-19-14(22)17-3-4-20-5-7-21-8-6-20/h1-2,9-10H,3-8H2,(H2,17,19,22)/b18-10+. The first-order valence-electron chi connectivity index (χ1n) is 6.97. The molecule has 2 rings (SSSR count). The summed E-state index contributed by atoms with van der Waals surface area (Å²) >= 11 is 8.40. The Morgan fingerprint density at radius 2 is 2.23 bits per heavy atom. The first-order chi connectivity index (χ1) is 10.6. The lowest BCUT2D eigenvalue weighted by atomic mass is 10.2. The van der Waals surface area contributed by atoms with Crippen LogP contribution < -0.4 is 10.7 Å². The van der Waals surface area contributed by atoms with E-state index in [1.807, 2.05) is 0 Å². The predicted molar refractivity (Wildman–Crippen MR) is 92.7 cm³/mol. The number of hydrogen-bond donors (Lipinski definition) is 2. The molecular weight excluding hydrogens is 371 g/mol. The fourth-order valence-corrected chi connectivity index (χ4v) is 2.50. The Balaban J connectivity index is 1.68. The van der Waals surface area contributed by atoms with Gasteiger partial charge in [0.25, 0.3) is 0 Å². The van der Waals surface area contributed by atoms with Crippen molar-refractivity contribution in [3.8, 4) is 0 Å². The summed E-state index contributed by atoms with van der Waals surface area (Å²) in [6.07, 6.45) is 1.40. The van der Waals surface area contributed by atoms with E-state index in [-0.39, 0.29) is 5.82 Å². The smallest absolute Gasteiger partial charge is 0.187 e. The summed E-state index contributed by atoms with van der Waals surface area (Å²) in [6.45, 7) is 5.09. The number of rotatable bonds is 5. The average Bonchev–Trinajstić information content (AvgIpc) is 2.52. The van der Waals surface area contributed by atoms with Crippen molar-refractivity contribution in [2.45, 2.75) is 0 Å². The van der Waals surface area contributed by atoms with Crippen molar-refractivity contribution in [3.63, 3.8) is 0 Å². The lowest BCUT2D eigenvalue weighted by Crippen LogP contribution is -2.42. The van der Waals surface area contributed by atoms with E-state index in [0.717, 1.165) is 43.9 Å². The van der Waals surface area contributed by atoms with Crippen LogP contribution in [0.4, 0.5) is 4.39 Å². The minimum Gasteiger partial charge on any atom is -0.379 e. The van der Waals surface area contributed by atoms with E-state index in [9.17, 15) is 4.39 Å². The van der Waals surface area contributed by atoms with Crippen molar-refractivity contribution in [1.29, 1.82) is 0 Å². The molecular formula is C14H18BrFN4OS. The van der Waals surface area contributed by atoms with Gasteiger partial charge in [0, 0.05) is 36.2 Å². The van der Waals surface area contributed by atoms with E-state index in [4.69, 9.17) is 17.0 Å². The molecule has 0 aliphatic carbocycles. The Kier molecular flexibility index (Phi) is 7.17. The molecule has 1 aromatic rings. The fraction of sp³-hybridized carbons (Fsp3) is 0.429. The van der Waals surface area contributed by atoms with E-state index in [0.29, 0.717) is 10.7 Å². The Labute approximate surface area is 143 Å². The van der Waals surface area contributed by atoms with E-state index in [2.05, 4.69) is 36.7 Å². The molecule has 0 atom stereocenters. The molecule has 0 spiro atoms. The zero-order chi connectivity index (χ0) is 15.8. The van der Waals surface area contributed by atoms with Gasteiger partial charge in [0.2, 0.25) is 0 Å². The number of ether oxygens (including phenoxy) is 1. The monoisotopic (exact) mass is 388 g/mol. The molecule has 1 fully saturated rings. The van der Waals surface area contributed by atoms with E-state index >= 15 is 0 Å². The summed E-state index contributed by atoms with van der Waals surface area (Å²) in [4.78, 5) is 2.30. The number of benzene rings is 1.